The number of hydrogen-bond donors (Lipinski definition) is 1. The van der Waals surface area contributed by atoms with Gasteiger partial charge in [0.2, 0.25) is 11.8 Å². The van der Waals surface area contributed by atoms with Gasteiger partial charge >= 0.3 is 0 Å². The zero-order chi connectivity index (χ0) is 27.9. The molecule has 0 saturated heterocycles. The topological polar surface area (TPSA) is 96.0 Å². The van der Waals surface area contributed by atoms with Crippen LogP contribution >= 0.6 is 23.2 Å². The maximum absolute atomic E-state index is 13.9. The lowest BCUT2D eigenvalue weighted by atomic mass is 10.1. The standard InChI is InChI=1S/C27H29Cl2N3O5S/c1-4-25(27(34)30-2)31(17-19-10-11-20(28)16-24(19)29)26(33)18-32(21-12-14-22(37-3)15-13-21)38(35,36)23-8-6-5-7-9-23/h5-16,25H,4,17-18H2,1-3H3,(H,30,34)/t25-/m0/s1. The van der Waals surface area contributed by atoms with Gasteiger partial charge in [0.1, 0.15) is 18.3 Å². The Hall–Kier alpha value is -3.27. The highest BCUT2D eigenvalue weighted by molar-refractivity contribution is 7.92. The molecule has 11 heteroatoms. The van der Waals surface area contributed by atoms with Crippen molar-refractivity contribution in [1.82, 2.24) is 10.2 Å². The molecular formula is C27H29Cl2N3O5S. The van der Waals surface area contributed by atoms with E-state index in [1.807, 2.05) is 0 Å². The van der Waals surface area contributed by atoms with Gasteiger partial charge in [-0.25, -0.2) is 8.42 Å². The van der Waals surface area contributed by atoms with E-state index in [1.54, 1.807) is 67.6 Å². The molecule has 0 saturated carbocycles. The summed E-state index contributed by atoms with van der Waals surface area (Å²) < 4.78 is 33.7. The summed E-state index contributed by atoms with van der Waals surface area (Å²) in [7, 11) is -1.17. The summed E-state index contributed by atoms with van der Waals surface area (Å²) in [5, 5.41) is 3.33. The number of halogens is 2. The number of nitrogens with zero attached hydrogens (tertiary/aromatic N) is 2. The Balaban J connectivity index is 2.07. The van der Waals surface area contributed by atoms with Crippen molar-refractivity contribution in [1.29, 1.82) is 0 Å². The number of amides is 2. The lowest BCUT2D eigenvalue weighted by molar-refractivity contribution is -0.140. The van der Waals surface area contributed by atoms with Crippen molar-refractivity contribution < 1.29 is 22.7 Å². The minimum Gasteiger partial charge on any atom is -0.497 e. The molecular weight excluding hydrogens is 549 g/mol. The molecule has 2 amide bonds. The molecule has 3 aromatic carbocycles. The number of carbonyl (C=O) groups excluding carboxylic acids is 2. The van der Waals surface area contributed by atoms with Crippen molar-refractivity contribution in [3.05, 3.63) is 88.4 Å². The van der Waals surface area contributed by atoms with Gasteiger partial charge in [0.05, 0.1) is 17.7 Å². The smallest absolute Gasteiger partial charge is 0.264 e. The van der Waals surface area contributed by atoms with Crippen LogP contribution < -0.4 is 14.4 Å². The predicted molar refractivity (Wildman–Crippen MR) is 149 cm³/mol. The summed E-state index contributed by atoms with van der Waals surface area (Å²) in [6.07, 6.45) is 0.296. The highest BCUT2D eigenvalue weighted by Crippen LogP contribution is 2.28. The summed E-state index contributed by atoms with van der Waals surface area (Å²) in [4.78, 5) is 28.0. The number of hydrogen-bond acceptors (Lipinski definition) is 5. The Bertz CT molecular complexity index is 1370. The van der Waals surface area contributed by atoms with Gasteiger partial charge in [-0.2, -0.15) is 0 Å². The molecule has 38 heavy (non-hydrogen) atoms. The van der Waals surface area contributed by atoms with Gasteiger partial charge in [0.25, 0.3) is 10.0 Å². The molecule has 3 aromatic rings. The molecule has 0 fully saturated rings. The fourth-order valence-electron chi connectivity index (χ4n) is 3.92. The van der Waals surface area contributed by atoms with Crippen molar-refractivity contribution in [2.45, 2.75) is 30.8 Å². The van der Waals surface area contributed by atoms with Gasteiger partial charge in [0, 0.05) is 23.6 Å². The molecule has 0 heterocycles. The number of carbonyl (C=O) groups is 2. The van der Waals surface area contributed by atoms with Crippen molar-refractivity contribution in [2.75, 3.05) is 25.0 Å². The summed E-state index contributed by atoms with van der Waals surface area (Å²) in [6, 6.07) is 18.2. The Kier molecular flexibility index (Phi) is 10.0. The molecule has 0 unspecified atom stereocenters. The lowest BCUT2D eigenvalue weighted by Crippen LogP contribution is -2.51. The Morgan fingerprint density at radius 3 is 2.21 bits per heavy atom. The van der Waals surface area contributed by atoms with Gasteiger partial charge in [-0.15, -0.1) is 0 Å². The Morgan fingerprint density at radius 1 is 1.00 bits per heavy atom. The van der Waals surface area contributed by atoms with Crippen LogP contribution in [-0.4, -0.2) is 51.9 Å². The second-order valence-electron chi connectivity index (χ2n) is 8.32. The van der Waals surface area contributed by atoms with Crippen LogP contribution in [0.2, 0.25) is 10.0 Å². The van der Waals surface area contributed by atoms with Gasteiger partial charge in [-0.1, -0.05) is 54.4 Å². The summed E-state index contributed by atoms with van der Waals surface area (Å²) in [5.74, 6) is -0.434. The number of sulfonamides is 1. The molecule has 0 bridgehead atoms. The zero-order valence-corrected chi connectivity index (χ0v) is 23.6. The molecule has 0 aromatic heterocycles. The van der Waals surface area contributed by atoms with E-state index in [9.17, 15) is 18.0 Å². The van der Waals surface area contributed by atoms with Gasteiger partial charge in [-0.3, -0.25) is 13.9 Å². The first-order valence-electron chi connectivity index (χ1n) is 11.8. The van der Waals surface area contributed by atoms with Crippen molar-refractivity contribution in [3.63, 3.8) is 0 Å². The van der Waals surface area contributed by atoms with E-state index in [0.717, 1.165) is 4.31 Å². The quantitative estimate of drug-likeness (QED) is 0.354. The van der Waals surface area contributed by atoms with Crippen molar-refractivity contribution in [3.8, 4) is 5.75 Å². The van der Waals surface area contributed by atoms with Crippen LogP contribution in [0.25, 0.3) is 0 Å². The Labute approximate surface area is 233 Å². The first-order valence-corrected chi connectivity index (χ1v) is 14.0. The zero-order valence-electron chi connectivity index (χ0n) is 21.2. The third-order valence-electron chi connectivity index (χ3n) is 5.96. The van der Waals surface area contributed by atoms with Crippen LogP contribution in [0.1, 0.15) is 18.9 Å². The molecule has 1 N–H and O–H groups in total. The van der Waals surface area contributed by atoms with E-state index in [-0.39, 0.29) is 23.0 Å². The number of anilines is 1. The van der Waals surface area contributed by atoms with E-state index < -0.39 is 28.5 Å². The molecule has 0 aliphatic carbocycles. The maximum atomic E-state index is 13.9. The van der Waals surface area contributed by atoms with Crippen LogP contribution in [0.4, 0.5) is 5.69 Å². The molecule has 202 valence electrons. The van der Waals surface area contributed by atoms with Crippen LogP contribution in [0, 0.1) is 0 Å². The van der Waals surface area contributed by atoms with E-state index in [1.165, 1.54) is 31.2 Å². The second-order valence-corrected chi connectivity index (χ2v) is 11.0. The van der Waals surface area contributed by atoms with Crippen molar-refractivity contribution >= 4 is 50.7 Å². The minimum atomic E-state index is -4.15. The average molecular weight is 579 g/mol. The average Bonchev–Trinajstić information content (AvgIpc) is 2.92. The van der Waals surface area contributed by atoms with Crippen molar-refractivity contribution in [2.24, 2.45) is 0 Å². The monoisotopic (exact) mass is 577 g/mol. The van der Waals surface area contributed by atoms with E-state index >= 15 is 0 Å². The van der Waals surface area contributed by atoms with Gasteiger partial charge in [0.15, 0.2) is 0 Å². The number of methoxy groups -OCH3 is 1. The normalized spacial score (nSPS) is 11.9. The molecule has 0 aliphatic heterocycles. The van der Waals surface area contributed by atoms with Crippen LogP contribution in [0.5, 0.6) is 5.75 Å². The van der Waals surface area contributed by atoms with Crippen LogP contribution in [0.15, 0.2) is 77.7 Å². The fraction of sp³-hybridized carbons (Fsp3) is 0.259. The Morgan fingerprint density at radius 2 is 1.66 bits per heavy atom. The van der Waals surface area contributed by atoms with Gasteiger partial charge < -0.3 is 15.0 Å². The third-order valence-corrected chi connectivity index (χ3v) is 8.33. The highest BCUT2D eigenvalue weighted by atomic mass is 35.5. The first kappa shape index (κ1) is 29.3. The SMILES string of the molecule is CC[C@@H](C(=O)NC)N(Cc1ccc(Cl)cc1Cl)C(=O)CN(c1ccc(OC)cc1)S(=O)(=O)c1ccccc1. The predicted octanol–water partition coefficient (Wildman–Crippen LogP) is 4.75. The second kappa shape index (κ2) is 13.0. The largest absolute Gasteiger partial charge is 0.497 e. The summed E-state index contributed by atoms with van der Waals surface area (Å²) >= 11 is 12.4. The first-order chi connectivity index (χ1) is 18.1. The number of ether oxygens (including phenoxy) is 1. The molecule has 0 spiro atoms. The number of likely N-dealkylation sites (N-methyl/N-ethyl adjacent to an activating group) is 1. The fourth-order valence-corrected chi connectivity index (χ4v) is 5.82. The van der Waals surface area contributed by atoms with Crippen LogP contribution in [0.3, 0.4) is 0 Å². The minimum absolute atomic E-state index is 0.0225. The highest BCUT2D eigenvalue weighted by Gasteiger charge is 2.33. The number of benzene rings is 3. The summed E-state index contributed by atoms with van der Waals surface area (Å²) in [5.41, 5.74) is 0.828. The van der Waals surface area contributed by atoms with Gasteiger partial charge in [-0.05, 0) is 60.5 Å². The van der Waals surface area contributed by atoms with Crippen LogP contribution in [-0.2, 0) is 26.2 Å². The molecule has 8 nitrogen and oxygen atoms in total. The molecule has 0 radical (unpaired) electrons. The summed E-state index contributed by atoms with van der Waals surface area (Å²) in [6.45, 7) is 1.19. The lowest BCUT2D eigenvalue weighted by Gasteiger charge is -2.33. The molecule has 3 rings (SSSR count). The number of rotatable bonds is 11. The van der Waals surface area contributed by atoms with E-state index in [2.05, 4.69) is 5.32 Å². The third kappa shape index (κ3) is 6.78. The number of nitrogens with one attached hydrogen (secondary N) is 1. The molecule has 1 atom stereocenters. The van der Waals surface area contributed by atoms with E-state index in [0.29, 0.717) is 27.8 Å². The molecule has 0 aliphatic rings. The van der Waals surface area contributed by atoms with E-state index in [4.69, 9.17) is 27.9 Å². The maximum Gasteiger partial charge on any atom is 0.264 e.